The van der Waals surface area contributed by atoms with Gasteiger partial charge in [0, 0.05) is 25.2 Å². The topological polar surface area (TPSA) is 72.6 Å². The zero-order chi connectivity index (χ0) is 13.2. The van der Waals surface area contributed by atoms with Gasteiger partial charge in [-0.15, -0.1) is 0 Å². The molecule has 0 aliphatic carbocycles. The highest BCUT2D eigenvalue weighted by Gasteiger charge is 2.16. The average molecular weight is 274 g/mol. The predicted molar refractivity (Wildman–Crippen MR) is 63.9 cm³/mol. The van der Waals surface area contributed by atoms with Gasteiger partial charge in [-0.2, -0.15) is 0 Å². The second-order valence-electron chi connectivity index (χ2n) is 4.19. The van der Waals surface area contributed by atoms with Crippen LogP contribution in [-0.2, 0) is 21.3 Å². The molecule has 0 atom stereocenters. The van der Waals surface area contributed by atoms with Crippen molar-refractivity contribution in [1.82, 2.24) is 4.90 Å². The molecule has 0 spiro atoms. The molecule has 5 nitrogen and oxygen atoms in total. The molecule has 1 aromatic rings. The van der Waals surface area contributed by atoms with Crippen LogP contribution in [0, 0.1) is 5.82 Å². The molecule has 1 fully saturated rings. The molecule has 100 valence electrons. The smallest absolute Gasteiger partial charge is 0.238 e. The first-order valence-corrected chi connectivity index (χ1v) is 7.13. The minimum Gasteiger partial charge on any atom is -0.379 e. The molecule has 2 N–H and O–H groups in total. The predicted octanol–water partition coefficient (Wildman–Crippen LogP) is 0.305. The highest BCUT2D eigenvalue weighted by Crippen LogP contribution is 2.16. The van der Waals surface area contributed by atoms with Gasteiger partial charge in [0.25, 0.3) is 0 Å². The third kappa shape index (κ3) is 3.26. The van der Waals surface area contributed by atoms with E-state index in [0.29, 0.717) is 38.4 Å². The summed E-state index contributed by atoms with van der Waals surface area (Å²) in [6.45, 7) is 2.99. The lowest BCUT2D eigenvalue weighted by atomic mass is 10.2. The number of benzene rings is 1. The fourth-order valence-corrected chi connectivity index (χ4v) is 2.41. The Hall–Kier alpha value is -1.02. The molecule has 1 heterocycles. The Morgan fingerprint density at radius 2 is 2.00 bits per heavy atom. The van der Waals surface area contributed by atoms with Crippen molar-refractivity contribution in [3.05, 3.63) is 29.6 Å². The number of primary sulfonamides is 1. The van der Waals surface area contributed by atoms with Crippen molar-refractivity contribution in [3.8, 4) is 0 Å². The van der Waals surface area contributed by atoms with Gasteiger partial charge in [-0.3, -0.25) is 4.90 Å². The lowest BCUT2D eigenvalue weighted by Crippen LogP contribution is -2.35. The van der Waals surface area contributed by atoms with E-state index in [2.05, 4.69) is 0 Å². The Labute approximate surface area is 105 Å². The van der Waals surface area contributed by atoms with Crippen LogP contribution < -0.4 is 5.14 Å². The molecule has 1 aliphatic rings. The largest absolute Gasteiger partial charge is 0.379 e. The number of sulfonamides is 1. The summed E-state index contributed by atoms with van der Waals surface area (Å²) < 4.78 is 41.2. The number of rotatable bonds is 3. The van der Waals surface area contributed by atoms with Crippen molar-refractivity contribution < 1.29 is 17.5 Å². The van der Waals surface area contributed by atoms with E-state index in [9.17, 15) is 12.8 Å². The maximum Gasteiger partial charge on any atom is 0.238 e. The van der Waals surface area contributed by atoms with Crippen LogP contribution in [0.25, 0.3) is 0 Å². The van der Waals surface area contributed by atoms with E-state index in [0.717, 1.165) is 6.07 Å². The van der Waals surface area contributed by atoms with Gasteiger partial charge in [-0.25, -0.2) is 17.9 Å². The molecule has 1 aromatic carbocycles. The molecule has 0 saturated carbocycles. The molecule has 7 heteroatoms. The first-order valence-electron chi connectivity index (χ1n) is 5.58. The van der Waals surface area contributed by atoms with Crippen LogP contribution in [0.2, 0.25) is 0 Å². The third-order valence-electron chi connectivity index (χ3n) is 2.84. The summed E-state index contributed by atoms with van der Waals surface area (Å²) in [7, 11) is -3.79. The van der Waals surface area contributed by atoms with E-state index in [1.807, 2.05) is 4.90 Å². The molecular formula is C11H15FN2O3S. The van der Waals surface area contributed by atoms with Crippen LogP contribution in [0.15, 0.2) is 23.1 Å². The van der Waals surface area contributed by atoms with Gasteiger partial charge in [0.2, 0.25) is 10.0 Å². The summed E-state index contributed by atoms with van der Waals surface area (Å²) in [6.07, 6.45) is 0. The highest BCUT2D eigenvalue weighted by molar-refractivity contribution is 7.89. The summed E-state index contributed by atoms with van der Waals surface area (Å²) in [6, 6.07) is 3.60. The molecule has 0 aromatic heterocycles. The Kier molecular flexibility index (Phi) is 3.96. The number of nitrogens with two attached hydrogens (primary N) is 1. The first kappa shape index (κ1) is 13.4. The number of halogens is 1. The standard InChI is InChI=1S/C11H15FN2O3S/c12-11-2-1-10(18(13,15)16)7-9(11)8-14-3-5-17-6-4-14/h1-2,7H,3-6,8H2,(H2,13,15,16). The SMILES string of the molecule is NS(=O)(=O)c1ccc(F)c(CN2CCOCC2)c1. The van der Waals surface area contributed by atoms with Crippen molar-refractivity contribution in [2.24, 2.45) is 5.14 Å². The van der Waals surface area contributed by atoms with Crippen molar-refractivity contribution in [3.63, 3.8) is 0 Å². The summed E-state index contributed by atoms with van der Waals surface area (Å²) in [5, 5.41) is 5.03. The molecular weight excluding hydrogens is 259 g/mol. The van der Waals surface area contributed by atoms with Crippen LogP contribution in [0.4, 0.5) is 4.39 Å². The number of hydrogen-bond donors (Lipinski definition) is 1. The summed E-state index contributed by atoms with van der Waals surface area (Å²) >= 11 is 0. The fraction of sp³-hybridized carbons (Fsp3) is 0.455. The van der Waals surface area contributed by atoms with Crippen LogP contribution in [-0.4, -0.2) is 39.6 Å². The molecule has 1 saturated heterocycles. The highest BCUT2D eigenvalue weighted by atomic mass is 32.2. The summed E-state index contributed by atoms with van der Waals surface area (Å²) in [4.78, 5) is 1.95. The lowest BCUT2D eigenvalue weighted by molar-refractivity contribution is 0.0337. The van der Waals surface area contributed by atoms with E-state index < -0.39 is 15.8 Å². The Balaban J connectivity index is 2.21. The van der Waals surface area contributed by atoms with Gasteiger partial charge in [0.15, 0.2) is 0 Å². The van der Waals surface area contributed by atoms with E-state index in [1.54, 1.807) is 0 Å². The van der Waals surface area contributed by atoms with Crippen LogP contribution >= 0.6 is 0 Å². The van der Waals surface area contributed by atoms with Crippen molar-refractivity contribution >= 4 is 10.0 Å². The normalized spacial score (nSPS) is 17.9. The van der Waals surface area contributed by atoms with Crippen molar-refractivity contribution in [2.45, 2.75) is 11.4 Å². The van der Waals surface area contributed by atoms with E-state index in [4.69, 9.17) is 9.88 Å². The molecule has 0 bridgehead atoms. The van der Waals surface area contributed by atoms with Gasteiger partial charge >= 0.3 is 0 Å². The molecule has 0 radical (unpaired) electrons. The number of morpholine rings is 1. The van der Waals surface area contributed by atoms with Crippen molar-refractivity contribution in [2.75, 3.05) is 26.3 Å². The minimum atomic E-state index is -3.79. The van der Waals surface area contributed by atoms with E-state index in [-0.39, 0.29) is 4.90 Å². The Bertz CT molecular complexity index is 527. The molecule has 18 heavy (non-hydrogen) atoms. The molecule has 1 aliphatic heterocycles. The number of hydrogen-bond acceptors (Lipinski definition) is 4. The van der Waals surface area contributed by atoms with Crippen LogP contribution in [0.5, 0.6) is 0 Å². The van der Waals surface area contributed by atoms with Gasteiger partial charge in [0.1, 0.15) is 5.82 Å². The Morgan fingerprint density at radius 1 is 1.33 bits per heavy atom. The zero-order valence-corrected chi connectivity index (χ0v) is 10.6. The zero-order valence-electron chi connectivity index (χ0n) is 9.80. The van der Waals surface area contributed by atoms with Gasteiger partial charge in [-0.05, 0) is 18.2 Å². The van der Waals surface area contributed by atoms with Gasteiger partial charge in [-0.1, -0.05) is 0 Å². The monoisotopic (exact) mass is 274 g/mol. The van der Waals surface area contributed by atoms with E-state index >= 15 is 0 Å². The first-order chi connectivity index (χ1) is 8.47. The average Bonchev–Trinajstić information content (AvgIpc) is 2.32. The van der Waals surface area contributed by atoms with Gasteiger partial charge < -0.3 is 4.74 Å². The molecule has 0 unspecified atom stereocenters. The fourth-order valence-electron chi connectivity index (χ4n) is 1.85. The molecule has 2 rings (SSSR count). The summed E-state index contributed by atoms with van der Waals surface area (Å²) in [5.41, 5.74) is 0.337. The number of ether oxygens (including phenoxy) is 1. The maximum absolute atomic E-state index is 13.6. The second kappa shape index (κ2) is 5.31. The van der Waals surface area contributed by atoms with E-state index in [1.165, 1.54) is 12.1 Å². The Morgan fingerprint density at radius 3 is 2.61 bits per heavy atom. The van der Waals surface area contributed by atoms with Crippen LogP contribution in [0.3, 0.4) is 0 Å². The van der Waals surface area contributed by atoms with Gasteiger partial charge in [0.05, 0.1) is 18.1 Å². The lowest BCUT2D eigenvalue weighted by Gasteiger charge is -2.26. The summed E-state index contributed by atoms with van der Waals surface area (Å²) in [5.74, 6) is -0.422. The van der Waals surface area contributed by atoms with Crippen molar-refractivity contribution in [1.29, 1.82) is 0 Å². The quantitative estimate of drug-likeness (QED) is 0.860. The molecule has 0 amide bonds. The maximum atomic E-state index is 13.6. The third-order valence-corrected chi connectivity index (χ3v) is 3.75. The number of nitrogens with zero attached hydrogens (tertiary/aromatic N) is 1. The minimum absolute atomic E-state index is 0.0628. The second-order valence-corrected chi connectivity index (χ2v) is 5.75. The van der Waals surface area contributed by atoms with Crippen LogP contribution in [0.1, 0.15) is 5.56 Å².